The highest BCUT2D eigenvalue weighted by atomic mass is 32.1. The first-order chi connectivity index (χ1) is 8.84. The minimum absolute atomic E-state index is 0.100. The van der Waals surface area contributed by atoms with Gasteiger partial charge in [0.25, 0.3) is 0 Å². The highest BCUT2D eigenvalue weighted by Crippen LogP contribution is 2.23. The molecule has 0 bridgehead atoms. The van der Waals surface area contributed by atoms with E-state index in [9.17, 15) is 0 Å². The summed E-state index contributed by atoms with van der Waals surface area (Å²) in [6.07, 6.45) is 5.92. The van der Waals surface area contributed by atoms with Gasteiger partial charge in [0.05, 0.1) is 16.0 Å². The second-order valence-electron chi connectivity index (χ2n) is 4.01. The van der Waals surface area contributed by atoms with Crippen molar-refractivity contribution in [3.63, 3.8) is 0 Å². The monoisotopic (exact) mass is 256 g/mol. The van der Waals surface area contributed by atoms with Crippen molar-refractivity contribution in [2.75, 3.05) is 0 Å². The number of hydrogen-bond acceptors (Lipinski definition) is 5. The molecule has 0 saturated carbocycles. The highest BCUT2D eigenvalue weighted by molar-refractivity contribution is 7.09. The molecule has 18 heavy (non-hydrogen) atoms. The second kappa shape index (κ2) is 4.80. The zero-order valence-corrected chi connectivity index (χ0v) is 10.5. The lowest BCUT2D eigenvalue weighted by atomic mass is 10.0. The van der Waals surface area contributed by atoms with Crippen molar-refractivity contribution in [3.05, 3.63) is 52.7 Å². The number of nitrogens with two attached hydrogens (primary N) is 1. The molecule has 4 nitrogen and oxygen atoms in total. The number of hydrogen-bond donors (Lipinski definition) is 1. The zero-order valence-electron chi connectivity index (χ0n) is 9.65. The molecule has 2 aromatic heterocycles. The van der Waals surface area contributed by atoms with Gasteiger partial charge in [-0.3, -0.25) is 9.97 Å². The average Bonchev–Trinajstić information content (AvgIpc) is 2.91. The van der Waals surface area contributed by atoms with Gasteiger partial charge >= 0.3 is 0 Å². The molecule has 2 heterocycles. The van der Waals surface area contributed by atoms with Crippen LogP contribution in [0.15, 0.2) is 42.2 Å². The Bertz CT molecular complexity index is 646. The molecule has 90 valence electrons. The van der Waals surface area contributed by atoms with Gasteiger partial charge in [0, 0.05) is 36.4 Å². The summed E-state index contributed by atoms with van der Waals surface area (Å²) >= 11 is 1.62. The van der Waals surface area contributed by atoms with Crippen LogP contribution in [0.2, 0.25) is 0 Å². The molecule has 0 aliphatic rings. The van der Waals surface area contributed by atoms with E-state index in [0.717, 1.165) is 28.0 Å². The predicted molar refractivity (Wildman–Crippen MR) is 72.3 cm³/mol. The Morgan fingerprint density at radius 3 is 2.83 bits per heavy atom. The molecule has 0 fully saturated rings. The maximum Gasteiger partial charge on any atom is 0.0943 e. The third-order valence-electron chi connectivity index (χ3n) is 2.81. The van der Waals surface area contributed by atoms with E-state index in [-0.39, 0.29) is 6.04 Å². The summed E-state index contributed by atoms with van der Waals surface area (Å²) in [5.74, 6) is 0. The summed E-state index contributed by atoms with van der Waals surface area (Å²) in [6, 6.07) is 5.82. The molecular weight excluding hydrogens is 244 g/mol. The Kier molecular flexibility index (Phi) is 3.00. The van der Waals surface area contributed by atoms with Crippen LogP contribution in [0.25, 0.3) is 11.0 Å². The summed E-state index contributed by atoms with van der Waals surface area (Å²) in [4.78, 5) is 12.9. The molecule has 0 radical (unpaired) electrons. The molecule has 3 aromatic rings. The van der Waals surface area contributed by atoms with Crippen LogP contribution in [0, 0.1) is 0 Å². The maximum absolute atomic E-state index is 6.25. The number of thiazole rings is 1. The smallest absolute Gasteiger partial charge is 0.0943 e. The molecule has 0 aliphatic heterocycles. The van der Waals surface area contributed by atoms with Crippen LogP contribution in [0.4, 0.5) is 0 Å². The van der Waals surface area contributed by atoms with Crippen molar-refractivity contribution in [3.8, 4) is 0 Å². The summed E-state index contributed by atoms with van der Waals surface area (Å²) in [5, 5.41) is 3.01. The molecule has 1 atom stereocenters. The standard InChI is InChI=1S/C13H12N4S/c14-10(8-12-16-6-7-18-12)9-2-1-3-11-13(9)17-5-4-15-11/h1-7,10H,8,14H2. The van der Waals surface area contributed by atoms with Gasteiger partial charge in [0.15, 0.2) is 0 Å². The Hall–Kier alpha value is -1.85. The summed E-state index contributed by atoms with van der Waals surface area (Å²) in [7, 11) is 0. The van der Waals surface area contributed by atoms with E-state index < -0.39 is 0 Å². The lowest BCUT2D eigenvalue weighted by Crippen LogP contribution is -2.14. The Balaban J connectivity index is 1.98. The first-order valence-electron chi connectivity index (χ1n) is 5.68. The predicted octanol–water partition coefficient (Wildman–Crippen LogP) is 2.33. The quantitative estimate of drug-likeness (QED) is 0.781. The molecule has 5 heteroatoms. The number of rotatable bonds is 3. The fraction of sp³-hybridized carbons (Fsp3) is 0.154. The van der Waals surface area contributed by atoms with Crippen molar-refractivity contribution < 1.29 is 0 Å². The van der Waals surface area contributed by atoms with E-state index >= 15 is 0 Å². The van der Waals surface area contributed by atoms with E-state index in [0.29, 0.717) is 0 Å². The molecule has 1 aromatic carbocycles. The third kappa shape index (κ3) is 2.10. The normalized spacial score (nSPS) is 12.7. The van der Waals surface area contributed by atoms with Crippen molar-refractivity contribution in [2.24, 2.45) is 5.73 Å². The van der Waals surface area contributed by atoms with Crippen LogP contribution in [0.5, 0.6) is 0 Å². The van der Waals surface area contributed by atoms with Crippen molar-refractivity contribution >= 4 is 22.4 Å². The van der Waals surface area contributed by atoms with Gasteiger partial charge < -0.3 is 5.73 Å². The second-order valence-corrected chi connectivity index (χ2v) is 4.99. The summed E-state index contributed by atoms with van der Waals surface area (Å²) < 4.78 is 0. The van der Waals surface area contributed by atoms with E-state index in [1.165, 1.54) is 0 Å². The van der Waals surface area contributed by atoms with E-state index in [1.807, 2.05) is 23.6 Å². The Morgan fingerprint density at radius 2 is 2.00 bits per heavy atom. The molecular formula is C13H12N4S. The van der Waals surface area contributed by atoms with Crippen LogP contribution in [-0.4, -0.2) is 15.0 Å². The zero-order chi connectivity index (χ0) is 12.4. The molecule has 0 spiro atoms. The molecule has 2 N–H and O–H groups in total. The number of nitrogens with zero attached hydrogens (tertiary/aromatic N) is 3. The van der Waals surface area contributed by atoms with Crippen molar-refractivity contribution in [2.45, 2.75) is 12.5 Å². The number of aromatic nitrogens is 3. The first kappa shape index (κ1) is 11.3. The van der Waals surface area contributed by atoms with Gasteiger partial charge in [-0.05, 0) is 11.6 Å². The lowest BCUT2D eigenvalue weighted by Gasteiger charge is -2.12. The largest absolute Gasteiger partial charge is 0.324 e. The van der Waals surface area contributed by atoms with Crippen molar-refractivity contribution in [1.82, 2.24) is 15.0 Å². The van der Waals surface area contributed by atoms with Crippen LogP contribution in [0.3, 0.4) is 0 Å². The first-order valence-corrected chi connectivity index (χ1v) is 6.56. The SMILES string of the molecule is NC(Cc1nccs1)c1cccc2nccnc12. The fourth-order valence-electron chi connectivity index (χ4n) is 1.97. The average molecular weight is 256 g/mol. The van der Waals surface area contributed by atoms with Gasteiger partial charge in [-0.25, -0.2) is 4.98 Å². The minimum atomic E-state index is -0.100. The van der Waals surface area contributed by atoms with E-state index in [2.05, 4.69) is 15.0 Å². The molecule has 1 unspecified atom stereocenters. The van der Waals surface area contributed by atoms with Crippen LogP contribution >= 0.6 is 11.3 Å². The number of para-hydroxylation sites is 1. The minimum Gasteiger partial charge on any atom is -0.324 e. The summed E-state index contributed by atoms with van der Waals surface area (Å²) in [5.41, 5.74) is 9.03. The summed E-state index contributed by atoms with van der Waals surface area (Å²) in [6.45, 7) is 0. The van der Waals surface area contributed by atoms with Crippen molar-refractivity contribution in [1.29, 1.82) is 0 Å². The number of fused-ring (bicyclic) bond motifs is 1. The van der Waals surface area contributed by atoms with Gasteiger partial charge in [0.1, 0.15) is 0 Å². The third-order valence-corrected chi connectivity index (χ3v) is 3.61. The fourth-order valence-corrected chi connectivity index (χ4v) is 2.64. The van der Waals surface area contributed by atoms with Gasteiger partial charge in [-0.15, -0.1) is 11.3 Å². The molecule has 0 amide bonds. The highest BCUT2D eigenvalue weighted by Gasteiger charge is 2.12. The van der Waals surface area contributed by atoms with Gasteiger partial charge in [0.2, 0.25) is 0 Å². The molecule has 0 saturated heterocycles. The Labute approximate surface area is 109 Å². The van der Waals surface area contributed by atoms with Crippen LogP contribution in [-0.2, 0) is 6.42 Å². The topological polar surface area (TPSA) is 64.7 Å². The number of benzene rings is 1. The van der Waals surface area contributed by atoms with Gasteiger partial charge in [-0.1, -0.05) is 12.1 Å². The lowest BCUT2D eigenvalue weighted by molar-refractivity contribution is 0.722. The molecule has 0 aliphatic carbocycles. The maximum atomic E-state index is 6.25. The van der Waals surface area contributed by atoms with Crippen LogP contribution < -0.4 is 5.73 Å². The van der Waals surface area contributed by atoms with Gasteiger partial charge in [-0.2, -0.15) is 0 Å². The Morgan fingerprint density at radius 1 is 1.11 bits per heavy atom. The van der Waals surface area contributed by atoms with E-state index in [1.54, 1.807) is 29.9 Å². The van der Waals surface area contributed by atoms with Crippen LogP contribution in [0.1, 0.15) is 16.6 Å². The van der Waals surface area contributed by atoms with E-state index in [4.69, 9.17) is 5.73 Å². The molecule has 3 rings (SSSR count).